The second-order valence-corrected chi connectivity index (χ2v) is 9.08. The molecule has 0 unspecified atom stereocenters. The van der Waals surface area contributed by atoms with Crippen molar-refractivity contribution in [3.63, 3.8) is 0 Å². The fourth-order valence-corrected chi connectivity index (χ4v) is 4.93. The third-order valence-corrected chi connectivity index (χ3v) is 6.96. The van der Waals surface area contributed by atoms with Crippen LogP contribution in [0.1, 0.15) is 24.3 Å². The average Bonchev–Trinajstić information content (AvgIpc) is 3.57. The van der Waals surface area contributed by atoms with Crippen LogP contribution in [0.15, 0.2) is 74.1 Å². The summed E-state index contributed by atoms with van der Waals surface area (Å²) in [7, 11) is 0. The molecule has 0 aliphatic heterocycles. The minimum atomic E-state index is 0.865. The first-order valence-electron chi connectivity index (χ1n) is 10.7. The van der Waals surface area contributed by atoms with Crippen molar-refractivity contribution in [2.45, 2.75) is 13.8 Å². The van der Waals surface area contributed by atoms with E-state index in [1.54, 1.807) is 17.5 Å². The molecule has 0 radical (unpaired) electrons. The van der Waals surface area contributed by atoms with Crippen molar-refractivity contribution in [3.05, 3.63) is 95.1 Å². The highest BCUT2D eigenvalue weighted by molar-refractivity contribution is 7.16. The van der Waals surface area contributed by atoms with E-state index in [1.165, 1.54) is 20.7 Å². The lowest BCUT2D eigenvalue weighted by molar-refractivity contribution is 1.06. The summed E-state index contributed by atoms with van der Waals surface area (Å²) in [4.78, 5) is 10.2. The summed E-state index contributed by atoms with van der Waals surface area (Å²) < 4.78 is 0. The van der Waals surface area contributed by atoms with Gasteiger partial charge in [0.25, 0.3) is 0 Å². The van der Waals surface area contributed by atoms with Crippen LogP contribution in [0.5, 0.6) is 0 Å². The highest BCUT2D eigenvalue weighted by Gasteiger charge is 2.13. The lowest BCUT2D eigenvalue weighted by Crippen LogP contribution is -2.23. The minimum Gasteiger partial charge on any atom is -0.353 e. The first kappa shape index (κ1) is 20.9. The van der Waals surface area contributed by atoms with Gasteiger partial charge >= 0.3 is 0 Å². The van der Waals surface area contributed by atoms with Crippen LogP contribution in [-0.2, 0) is 0 Å². The van der Waals surface area contributed by atoms with E-state index in [0.717, 1.165) is 44.2 Å². The van der Waals surface area contributed by atoms with Crippen LogP contribution < -0.4 is 10.6 Å². The quantitative estimate of drug-likeness (QED) is 0.346. The van der Waals surface area contributed by atoms with Crippen molar-refractivity contribution in [2.75, 3.05) is 0 Å². The van der Waals surface area contributed by atoms with E-state index < -0.39 is 0 Å². The maximum Gasteiger partial charge on any atom is 0.116 e. The summed E-state index contributed by atoms with van der Waals surface area (Å²) in [6.07, 6.45) is 7.68. The molecule has 33 heavy (non-hydrogen) atoms. The average molecular weight is 449 g/mol. The van der Waals surface area contributed by atoms with Gasteiger partial charge in [0, 0.05) is 43.8 Å². The number of aromatic nitrogens is 4. The Bertz CT molecular complexity index is 1610. The first-order chi connectivity index (χ1) is 16.0. The molecule has 1 aromatic carbocycles. The summed E-state index contributed by atoms with van der Waals surface area (Å²) in [5.74, 6) is 0. The molecule has 0 saturated carbocycles. The number of fused-ring (bicyclic) bond motifs is 1. The molecule has 4 nitrogen and oxygen atoms in total. The summed E-state index contributed by atoms with van der Waals surface area (Å²) in [5, 5.41) is 10.9. The zero-order chi connectivity index (χ0) is 22.9. The number of nitrogens with one attached hydrogen (secondary N) is 2. The van der Waals surface area contributed by atoms with E-state index in [1.807, 2.05) is 38.3 Å². The molecule has 5 heteroatoms. The SMILES string of the molecule is C=C(/C=c1/c(-c2cc3c(-c4ccc(C(=C)C)s4)cccc3[nH]2)n[nH]/c1=C/C)c1cccnc1. The predicted molar refractivity (Wildman–Crippen MR) is 141 cm³/mol. The highest BCUT2D eigenvalue weighted by Crippen LogP contribution is 2.36. The monoisotopic (exact) mass is 448 g/mol. The Kier molecular flexibility index (Phi) is 5.40. The lowest BCUT2D eigenvalue weighted by Gasteiger charge is -1.99. The normalized spacial score (nSPS) is 12.5. The van der Waals surface area contributed by atoms with Crippen LogP contribution >= 0.6 is 11.3 Å². The van der Waals surface area contributed by atoms with Crippen LogP contribution in [0.4, 0.5) is 0 Å². The van der Waals surface area contributed by atoms with E-state index in [-0.39, 0.29) is 0 Å². The van der Waals surface area contributed by atoms with Gasteiger partial charge in [-0.2, -0.15) is 5.10 Å². The summed E-state index contributed by atoms with van der Waals surface area (Å²) >= 11 is 1.77. The third-order valence-electron chi connectivity index (χ3n) is 5.68. The van der Waals surface area contributed by atoms with Crippen LogP contribution in [0.2, 0.25) is 0 Å². The van der Waals surface area contributed by atoms with E-state index in [0.29, 0.717) is 0 Å². The minimum absolute atomic E-state index is 0.865. The van der Waals surface area contributed by atoms with Crippen molar-refractivity contribution in [3.8, 4) is 21.8 Å². The Labute approximate surface area is 196 Å². The van der Waals surface area contributed by atoms with Crippen LogP contribution in [-0.4, -0.2) is 20.2 Å². The maximum absolute atomic E-state index is 4.64. The van der Waals surface area contributed by atoms with Crippen molar-refractivity contribution in [1.29, 1.82) is 0 Å². The van der Waals surface area contributed by atoms with Gasteiger partial charge < -0.3 is 4.98 Å². The van der Waals surface area contributed by atoms with Crippen LogP contribution in [0.25, 0.3) is 56.0 Å². The maximum atomic E-state index is 4.64. The predicted octanol–water partition coefficient (Wildman–Crippen LogP) is 6.01. The van der Waals surface area contributed by atoms with Crippen molar-refractivity contribution < 1.29 is 0 Å². The van der Waals surface area contributed by atoms with E-state index in [4.69, 9.17) is 0 Å². The Morgan fingerprint density at radius 1 is 1.09 bits per heavy atom. The van der Waals surface area contributed by atoms with Crippen LogP contribution in [0, 0.1) is 0 Å². The largest absolute Gasteiger partial charge is 0.353 e. The smallest absolute Gasteiger partial charge is 0.116 e. The van der Waals surface area contributed by atoms with Gasteiger partial charge in [0.2, 0.25) is 0 Å². The van der Waals surface area contributed by atoms with Gasteiger partial charge in [-0.15, -0.1) is 11.3 Å². The van der Waals surface area contributed by atoms with Gasteiger partial charge in [0.1, 0.15) is 5.69 Å². The van der Waals surface area contributed by atoms with Crippen molar-refractivity contribution in [2.24, 2.45) is 0 Å². The lowest BCUT2D eigenvalue weighted by atomic mass is 10.1. The van der Waals surface area contributed by atoms with Gasteiger partial charge in [0.05, 0.1) is 11.0 Å². The molecule has 4 aromatic heterocycles. The Balaban J connectivity index is 1.65. The molecule has 4 heterocycles. The zero-order valence-corrected chi connectivity index (χ0v) is 19.5. The topological polar surface area (TPSA) is 57.4 Å². The molecule has 0 fully saturated rings. The van der Waals surface area contributed by atoms with E-state index >= 15 is 0 Å². The van der Waals surface area contributed by atoms with Gasteiger partial charge in [-0.05, 0) is 67.0 Å². The number of allylic oxidation sites excluding steroid dienone is 2. The number of H-pyrrole nitrogens is 2. The molecule has 0 aliphatic carbocycles. The molecular formula is C28H24N4S. The summed E-state index contributed by atoms with van der Waals surface area (Å²) in [5.41, 5.74) is 7.06. The first-order valence-corrected chi connectivity index (χ1v) is 11.6. The Hall–Kier alpha value is -3.96. The molecule has 0 saturated heterocycles. The Morgan fingerprint density at radius 2 is 1.97 bits per heavy atom. The number of rotatable bonds is 5. The second kappa shape index (κ2) is 8.52. The number of aromatic amines is 2. The molecule has 5 aromatic rings. The fourth-order valence-electron chi connectivity index (χ4n) is 3.96. The molecule has 0 amide bonds. The van der Waals surface area contributed by atoms with E-state index in [9.17, 15) is 0 Å². The molecule has 0 aliphatic rings. The second-order valence-electron chi connectivity index (χ2n) is 7.99. The number of pyridine rings is 1. The molecule has 2 N–H and O–H groups in total. The van der Waals surface area contributed by atoms with Crippen LogP contribution in [0.3, 0.4) is 0 Å². The van der Waals surface area contributed by atoms with Gasteiger partial charge in [0.15, 0.2) is 0 Å². The van der Waals surface area contributed by atoms with Gasteiger partial charge in [-0.3, -0.25) is 10.1 Å². The Morgan fingerprint density at radius 3 is 2.70 bits per heavy atom. The highest BCUT2D eigenvalue weighted by atomic mass is 32.1. The van der Waals surface area contributed by atoms with E-state index in [2.05, 4.69) is 75.8 Å². The standard InChI is InChI=1S/C28H24N4S/c1-5-23-22(14-18(4)19-8-7-13-29-16-19)28(32-31-23)25-15-21-20(9-6-10-24(21)30-25)27-12-11-26(33-27)17(2)3/h5-16,30-31H,2,4H2,1,3H3/b22-14+,23-5+. The number of benzene rings is 1. The molecule has 0 atom stereocenters. The van der Waals surface area contributed by atoms with Gasteiger partial charge in [-0.25, -0.2) is 0 Å². The van der Waals surface area contributed by atoms with Crippen molar-refractivity contribution in [1.82, 2.24) is 20.2 Å². The third kappa shape index (κ3) is 3.88. The number of thiophene rings is 1. The van der Waals surface area contributed by atoms with Gasteiger partial charge in [-0.1, -0.05) is 37.4 Å². The number of hydrogen-bond donors (Lipinski definition) is 2. The fraction of sp³-hybridized carbons (Fsp3) is 0.0714. The molecule has 162 valence electrons. The molecule has 0 bridgehead atoms. The molecule has 5 rings (SSSR count). The number of nitrogens with zero attached hydrogens (tertiary/aromatic N) is 2. The summed E-state index contributed by atoms with van der Waals surface area (Å²) in [6, 6.07) is 16.8. The zero-order valence-electron chi connectivity index (χ0n) is 18.6. The molecular weight excluding hydrogens is 424 g/mol. The summed E-state index contributed by atoms with van der Waals surface area (Å²) in [6.45, 7) is 12.4. The number of hydrogen-bond acceptors (Lipinski definition) is 3. The van der Waals surface area contributed by atoms with Crippen molar-refractivity contribution >= 4 is 45.5 Å². The molecule has 0 spiro atoms.